The van der Waals surface area contributed by atoms with Crippen molar-refractivity contribution < 1.29 is 9.59 Å². The van der Waals surface area contributed by atoms with Crippen LogP contribution in [0.5, 0.6) is 0 Å². The summed E-state index contributed by atoms with van der Waals surface area (Å²) in [6, 6.07) is 2.13. The lowest BCUT2D eigenvalue weighted by Gasteiger charge is -2.30. The minimum Gasteiger partial charge on any atom is -0.330 e. The Bertz CT molecular complexity index is 747. The Kier molecular flexibility index (Phi) is 5.24. The predicted octanol–water partition coefficient (Wildman–Crippen LogP) is 1.11. The molecule has 27 heavy (non-hydrogen) atoms. The number of amides is 2. The molecule has 1 saturated heterocycles. The first-order valence-electron chi connectivity index (χ1n) is 10.0. The molecule has 0 unspecified atom stereocenters. The summed E-state index contributed by atoms with van der Waals surface area (Å²) in [5, 5.41) is 8.68. The normalized spacial score (nSPS) is 21.6. The van der Waals surface area contributed by atoms with E-state index in [1.807, 2.05) is 9.58 Å². The van der Waals surface area contributed by atoms with Crippen molar-refractivity contribution in [1.82, 2.24) is 25.0 Å². The molecule has 3 aliphatic heterocycles. The first kappa shape index (κ1) is 18.2. The quantitative estimate of drug-likeness (QED) is 0.858. The molecule has 2 amide bonds. The van der Waals surface area contributed by atoms with Gasteiger partial charge in [-0.15, -0.1) is 0 Å². The summed E-state index contributed by atoms with van der Waals surface area (Å²) in [5.41, 5.74) is 5.02. The number of carbonyl (C=O) groups is 2. The molecule has 0 radical (unpaired) electrons. The van der Waals surface area contributed by atoms with Crippen LogP contribution in [0, 0.1) is 5.92 Å². The third-order valence-electron chi connectivity index (χ3n) is 5.96. The molecule has 0 aliphatic carbocycles. The van der Waals surface area contributed by atoms with Gasteiger partial charge in [0.1, 0.15) is 5.71 Å². The minimum atomic E-state index is -0.129. The summed E-state index contributed by atoms with van der Waals surface area (Å²) in [7, 11) is 0. The van der Waals surface area contributed by atoms with Crippen LogP contribution in [-0.4, -0.2) is 56.7 Å². The van der Waals surface area contributed by atoms with Crippen LogP contribution in [0.25, 0.3) is 0 Å². The number of carbonyl (C=O) groups excluding carboxylic acids is 2. The molecule has 1 fully saturated rings. The maximum Gasteiger partial charge on any atom is 0.270 e. The number of nitrogens with zero attached hydrogens (tertiary/aromatic N) is 5. The average Bonchev–Trinajstić information content (AvgIpc) is 3.10. The standard InChI is InChI=1S/C19H28N6O2/c1-2-14-5-7-23(8-6-14)12-15-11-16-13-24(9-10-25(16)22-15)19(27)17-3-4-18(26)21-20-17/h11,14H,2-10,12-13H2,1H3,(H,21,26). The zero-order valence-electron chi connectivity index (χ0n) is 16.0. The highest BCUT2D eigenvalue weighted by Gasteiger charge is 2.28. The van der Waals surface area contributed by atoms with Crippen molar-refractivity contribution in [3.8, 4) is 0 Å². The average molecular weight is 372 g/mol. The molecular formula is C19H28N6O2. The zero-order valence-corrected chi connectivity index (χ0v) is 16.0. The molecule has 8 heteroatoms. The number of hydrazone groups is 1. The van der Waals surface area contributed by atoms with Gasteiger partial charge in [-0.3, -0.25) is 19.2 Å². The van der Waals surface area contributed by atoms with Gasteiger partial charge < -0.3 is 4.90 Å². The summed E-state index contributed by atoms with van der Waals surface area (Å²) in [5.74, 6) is 0.671. The van der Waals surface area contributed by atoms with E-state index in [-0.39, 0.29) is 11.8 Å². The molecule has 4 rings (SSSR count). The van der Waals surface area contributed by atoms with Gasteiger partial charge in [-0.25, -0.2) is 5.43 Å². The lowest BCUT2D eigenvalue weighted by atomic mass is 9.94. The molecule has 0 aromatic carbocycles. The lowest BCUT2D eigenvalue weighted by molar-refractivity contribution is -0.126. The fraction of sp³-hybridized carbons (Fsp3) is 0.684. The first-order valence-corrected chi connectivity index (χ1v) is 10.0. The molecule has 8 nitrogen and oxygen atoms in total. The Morgan fingerprint density at radius 3 is 2.74 bits per heavy atom. The number of aromatic nitrogens is 2. The van der Waals surface area contributed by atoms with Crippen LogP contribution in [-0.2, 0) is 29.2 Å². The van der Waals surface area contributed by atoms with E-state index < -0.39 is 0 Å². The number of likely N-dealkylation sites (tertiary alicyclic amines) is 1. The number of rotatable bonds is 4. The number of fused-ring (bicyclic) bond motifs is 1. The van der Waals surface area contributed by atoms with Crippen LogP contribution in [0.1, 0.15) is 50.4 Å². The second-order valence-electron chi connectivity index (χ2n) is 7.80. The van der Waals surface area contributed by atoms with Gasteiger partial charge in [-0.1, -0.05) is 13.3 Å². The molecule has 146 valence electrons. The van der Waals surface area contributed by atoms with Crippen molar-refractivity contribution in [2.45, 2.75) is 58.7 Å². The number of hydrogen-bond acceptors (Lipinski definition) is 5. The fourth-order valence-corrected chi connectivity index (χ4v) is 4.17. The molecule has 1 aromatic heterocycles. The van der Waals surface area contributed by atoms with Crippen molar-refractivity contribution in [2.24, 2.45) is 11.0 Å². The van der Waals surface area contributed by atoms with Crippen LogP contribution in [0.4, 0.5) is 0 Å². The second kappa shape index (κ2) is 7.80. The van der Waals surface area contributed by atoms with Crippen molar-refractivity contribution in [3.63, 3.8) is 0 Å². The number of nitrogens with one attached hydrogen (secondary N) is 1. The lowest BCUT2D eigenvalue weighted by Crippen LogP contribution is -2.44. The molecule has 0 saturated carbocycles. The highest BCUT2D eigenvalue weighted by atomic mass is 16.2. The minimum absolute atomic E-state index is 0.0781. The topological polar surface area (TPSA) is 82.8 Å². The third-order valence-corrected chi connectivity index (χ3v) is 5.96. The highest BCUT2D eigenvalue weighted by molar-refractivity contribution is 6.39. The maximum absolute atomic E-state index is 12.7. The summed E-state index contributed by atoms with van der Waals surface area (Å²) in [6.45, 7) is 7.36. The summed E-state index contributed by atoms with van der Waals surface area (Å²) in [6.07, 6.45) is 4.59. The Morgan fingerprint density at radius 2 is 2.04 bits per heavy atom. The van der Waals surface area contributed by atoms with E-state index in [0.717, 1.165) is 36.9 Å². The number of piperidine rings is 1. The van der Waals surface area contributed by atoms with Crippen LogP contribution in [0.3, 0.4) is 0 Å². The van der Waals surface area contributed by atoms with Gasteiger partial charge in [0.25, 0.3) is 5.91 Å². The van der Waals surface area contributed by atoms with E-state index in [0.29, 0.717) is 38.2 Å². The monoisotopic (exact) mass is 372 g/mol. The summed E-state index contributed by atoms with van der Waals surface area (Å²) >= 11 is 0. The molecule has 1 N–H and O–H groups in total. The van der Waals surface area contributed by atoms with E-state index in [4.69, 9.17) is 5.10 Å². The van der Waals surface area contributed by atoms with E-state index in [1.165, 1.54) is 19.3 Å². The van der Waals surface area contributed by atoms with Crippen molar-refractivity contribution >= 4 is 17.5 Å². The Morgan fingerprint density at radius 1 is 1.22 bits per heavy atom. The van der Waals surface area contributed by atoms with Crippen LogP contribution in [0.15, 0.2) is 11.2 Å². The second-order valence-corrected chi connectivity index (χ2v) is 7.80. The Hall–Kier alpha value is -2.22. The van der Waals surface area contributed by atoms with Gasteiger partial charge in [-0.05, 0) is 37.9 Å². The first-order chi connectivity index (χ1) is 13.1. The Balaban J connectivity index is 1.36. The van der Waals surface area contributed by atoms with Crippen LogP contribution >= 0.6 is 0 Å². The molecule has 0 bridgehead atoms. The van der Waals surface area contributed by atoms with Gasteiger partial charge >= 0.3 is 0 Å². The highest BCUT2D eigenvalue weighted by Crippen LogP contribution is 2.22. The smallest absolute Gasteiger partial charge is 0.270 e. The van der Waals surface area contributed by atoms with Crippen molar-refractivity contribution in [1.29, 1.82) is 0 Å². The SMILES string of the molecule is CCC1CCN(Cc2cc3n(n2)CCN(C(=O)C2=NNC(=O)CC2)C3)CC1. The zero-order chi connectivity index (χ0) is 18.8. The molecule has 4 heterocycles. The predicted molar refractivity (Wildman–Crippen MR) is 101 cm³/mol. The van der Waals surface area contributed by atoms with Gasteiger partial charge in [0.05, 0.1) is 24.5 Å². The third kappa shape index (κ3) is 4.05. The van der Waals surface area contributed by atoms with E-state index in [2.05, 4.69) is 28.4 Å². The summed E-state index contributed by atoms with van der Waals surface area (Å²) in [4.78, 5) is 28.2. The van der Waals surface area contributed by atoms with Crippen LogP contribution in [0.2, 0.25) is 0 Å². The number of hydrogen-bond donors (Lipinski definition) is 1. The van der Waals surface area contributed by atoms with Crippen molar-refractivity contribution in [2.75, 3.05) is 19.6 Å². The molecule has 3 aliphatic rings. The van der Waals surface area contributed by atoms with Crippen molar-refractivity contribution in [3.05, 3.63) is 17.5 Å². The van der Waals surface area contributed by atoms with E-state index >= 15 is 0 Å². The van der Waals surface area contributed by atoms with Gasteiger partial charge in [0.15, 0.2) is 0 Å². The van der Waals surface area contributed by atoms with Gasteiger partial charge in [0, 0.05) is 25.9 Å². The molecule has 1 aromatic rings. The summed E-state index contributed by atoms with van der Waals surface area (Å²) < 4.78 is 2.03. The molecular weight excluding hydrogens is 344 g/mol. The molecule has 0 atom stereocenters. The fourth-order valence-electron chi connectivity index (χ4n) is 4.17. The van der Waals surface area contributed by atoms with Gasteiger partial charge in [-0.2, -0.15) is 10.2 Å². The van der Waals surface area contributed by atoms with Crippen LogP contribution < -0.4 is 5.43 Å². The Labute approximate surface area is 159 Å². The van der Waals surface area contributed by atoms with E-state index in [1.54, 1.807) is 0 Å². The molecule has 0 spiro atoms. The maximum atomic E-state index is 12.7. The largest absolute Gasteiger partial charge is 0.330 e. The van der Waals surface area contributed by atoms with Gasteiger partial charge in [0.2, 0.25) is 5.91 Å². The van der Waals surface area contributed by atoms with E-state index in [9.17, 15) is 9.59 Å².